The van der Waals surface area contributed by atoms with Crippen molar-refractivity contribution in [3.63, 3.8) is 0 Å². The topological polar surface area (TPSA) is 72.2 Å². The molecule has 0 atom stereocenters. The van der Waals surface area contributed by atoms with Crippen molar-refractivity contribution in [2.45, 2.75) is 13.8 Å². The van der Waals surface area contributed by atoms with Crippen molar-refractivity contribution < 1.29 is 4.79 Å². The van der Waals surface area contributed by atoms with Gasteiger partial charge in [-0.1, -0.05) is 22.9 Å². The zero-order chi connectivity index (χ0) is 14.3. The molecule has 0 saturated carbocycles. The van der Waals surface area contributed by atoms with Crippen molar-refractivity contribution in [3.8, 4) is 0 Å². The lowest BCUT2D eigenvalue weighted by Gasteiger charge is -2.02. The van der Waals surface area contributed by atoms with Crippen LogP contribution in [-0.4, -0.2) is 25.5 Å². The molecule has 8 heteroatoms. The maximum atomic E-state index is 12.3. The van der Waals surface area contributed by atoms with Crippen LogP contribution in [0.3, 0.4) is 0 Å². The minimum absolute atomic E-state index is 0.270. The minimum atomic E-state index is -0.270. The lowest BCUT2D eigenvalue weighted by molar-refractivity contribution is 0.102. The number of anilines is 1. The van der Waals surface area contributed by atoms with E-state index >= 15 is 0 Å². The number of imidazole rings is 1. The number of aromatic nitrogens is 4. The summed E-state index contributed by atoms with van der Waals surface area (Å²) in [5.41, 5.74) is 1.73. The van der Waals surface area contributed by atoms with E-state index in [1.165, 1.54) is 11.3 Å². The average molecular weight is 308 g/mol. The van der Waals surface area contributed by atoms with Gasteiger partial charge in [0.15, 0.2) is 0 Å². The summed E-state index contributed by atoms with van der Waals surface area (Å²) in [6, 6.07) is 3.42. The summed E-state index contributed by atoms with van der Waals surface area (Å²) in [5.74, 6) is -0.270. The molecule has 0 aliphatic carbocycles. The van der Waals surface area contributed by atoms with E-state index in [0.29, 0.717) is 27.2 Å². The van der Waals surface area contributed by atoms with Gasteiger partial charge in [-0.2, -0.15) is 0 Å². The average Bonchev–Trinajstić information content (AvgIpc) is 2.91. The number of fused-ring (bicyclic) bond motifs is 1. The number of pyridine rings is 1. The molecule has 0 bridgehead atoms. The molecule has 0 radical (unpaired) electrons. The summed E-state index contributed by atoms with van der Waals surface area (Å²) >= 11 is 7.24. The minimum Gasteiger partial charge on any atom is -0.295 e. The summed E-state index contributed by atoms with van der Waals surface area (Å²) in [6.07, 6.45) is 1.72. The van der Waals surface area contributed by atoms with Gasteiger partial charge in [-0.05, 0) is 19.9 Å². The molecule has 3 aromatic rings. The molecule has 20 heavy (non-hydrogen) atoms. The molecule has 102 valence electrons. The van der Waals surface area contributed by atoms with Crippen LogP contribution in [0.15, 0.2) is 18.3 Å². The number of carbonyl (C=O) groups excluding carboxylic acids is 1. The van der Waals surface area contributed by atoms with E-state index in [1.807, 2.05) is 6.92 Å². The molecule has 1 amide bonds. The summed E-state index contributed by atoms with van der Waals surface area (Å²) in [4.78, 5) is 16.7. The summed E-state index contributed by atoms with van der Waals surface area (Å²) in [6.45, 7) is 3.61. The number of nitrogens with one attached hydrogen (secondary N) is 1. The van der Waals surface area contributed by atoms with Gasteiger partial charge in [0.1, 0.15) is 16.3 Å². The Kier molecular flexibility index (Phi) is 3.15. The monoisotopic (exact) mass is 307 g/mol. The number of halogens is 1. The molecular weight excluding hydrogens is 298 g/mol. The first kappa shape index (κ1) is 13.0. The molecule has 3 aromatic heterocycles. The molecular formula is C12H10ClN5OS. The highest BCUT2D eigenvalue weighted by Crippen LogP contribution is 2.19. The van der Waals surface area contributed by atoms with Crippen LogP contribution >= 0.6 is 22.9 Å². The first-order chi connectivity index (χ1) is 9.54. The van der Waals surface area contributed by atoms with E-state index in [9.17, 15) is 4.79 Å². The fourth-order valence-corrected chi connectivity index (χ4v) is 2.66. The quantitative estimate of drug-likeness (QED) is 0.790. The zero-order valence-corrected chi connectivity index (χ0v) is 12.3. The van der Waals surface area contributed by atoms with Gasteiger partial charge in [-0.3, -0.25) is 14.5 Å². The van der Waals surface area contributed by atoms with Crippen LogP contribution in [0.4, 0.5) is 5.13 Å². The SMILES string of the molecule is Cc1nnc(NC(=O)c2c(C)nc3cc(Cl)ccn23)s1. The summed E-state index contributed by atoms with van der Waals surface area (Å²) in [5, 5.41) is 12.3. The largest absolute Gasteiger partial charge is 0.295 e. The van der Waals surface area contributed by atoms with E-state index in [0.717, 1.165) is 5.01 Å². The Bertz CT molecular complexity index is 809. The number of hydrogen-bond donors (Lipinski definition) is 1. The molecule has 0 aromatic carbocycles. The molecule has 3 heterocycles. The molecule has 0 aliphatic heterocycles. The molecule has 0 aliphatic rings. The maximum Gasteiger partial charge on any atom is 0.276 e. The van der Waals surface area contributed by atoms with Crippen LogP contribution < -0.4 is 5.32 Å². The lowest BCUT2D eigenvalue weighted by atomic mass is 10.3. The van der Waals surface area contributed by atoms with Gasteiger partial charge >= 0.3 is 0 Å². The first-order valence-electron chi connectivity index (χ1n) is 5.80. The second-order valence-electron chi connectivity index (χ2n) is 4.20. The highest BCUT2D eigenvalue weighted by atomic mass is 35.5. The highest BCUT2D eigenvalue weighted by Gasteiger charge is 2.18. The van der Waals surface area contributed by atoms with Crippen LogP contribution in [0.1, 0.15) is 21.2 Å². The van der Waals surface area contributed by atoms with Crippen molar-refractivity contribution in [2.75, 3.05) is 5.32 Å². The van der Waals surface area contributed by atoms with Gasteiger partial charge < -0.3 is 0 Å². The van der Waals surface area contributed by atoms with Gasteiger partial charge in [0, 0.05) is 17.3 Å². The van der Waals surface area contributed by atoms with Crippen LogP contribution in [0, 0.1) is 13.8 Å². The van der Waals surface area contributed by atoms with Crippen molar-refractivity contribution in [1.29, 1.82) is 0 Å². The molecule has 0 spiro atoms. The van der Waals surface area contributed by atoms with Crippen LogP contribution in [0.25, 0.3) is 5.65 Å². The predicted octanol–water partition coefficient (Wildman–Crippen LogP) is 2.71. The maximum absolute atomic E-state index is 12.3. The Morgan fingerprint density at radius 1 is 1.40 bits per heavy atom. The number of nitrogens with zero attached hydrogens (tertiary/aromatic N) is 4. The number of rotatable bonds is 2. The second kappa shape index (κ2) is 4.84. The van der Waals surface area contributed by atoms with Gasteiger partial charge in [0.25, 0.3) is 5.91 Å². The standard InChI is InChI=1S/C12H10ClN5OS/c1-6-10(11(19)15-12-17-16-7(2)20-12)18-4-3-8(13)5-9(18)14-6/h3-5H,1-2H3,(H,15,17,19). The number of aryl methyl sites for hydroxylation is 2. The van der Waals surface area contributed by atoms with Gasteiger partial charge in [0.05, 0.1) is 5.69 Å². The van der Waals surface area contributed by atoms with Gasteiger partial charge in [0.2, 0.25) is 5.13 Å². The number of amides is 1. The van der Waals surface area contributed by atoms with Crippen molar-refractivity contribution in [2.24, 2.45) is 0 Å². The molecule has 0 unspecified atom stereocenters. The smallest absolute Gasteiger partial charge is 0.276 e. The third-order valence-corrected chi connectivity index (χ3v) is 3.71. The van der Waals surface area contributed by atoms with E-state index < -0.39 is 0 Å². The summed E-state index contributed by atoms with van der Waals surface area (Å²) < 4.78 is 1.70. The third-order valence-electron chi connectivity index (χ3n) is 2.72. The van der Waals surface area contributed by atoms with Gasteiger partial charge in [-0.25, -0.2) is 4.98 Å². The van der Waals surface area contributed by atoms with E-state index in [4.69, 9.17) is 11.6 Å². The van der Waals surface area contributed by atoms with Crippen molar-refractivity contribution in [1.82, 2.24) is 19.6 Å². The fraction of sp³-hybridized carbons (Fsp3) is 0.167. The molecule has 3 rings (SSSR count). The Hall–Kier alpha value is -1.99. The first-order valence-corrected chi connectivity index (χ1v) is 7.00. The molecule has 0 saturated heterocycles. The lowest BCUT2D eigenvalue weighted by Crippen LogP contribution is -2.15. The number of carbonyl (C=O) groups is 1. The fourth-order valence-electron chi connectivity index (χ4n) is 1.91. The Labute approximate surface area is 123 Å². The predicted molar refractivity (Wildman–Crippen MR) is 77.5 cm³/mol. The second-order valence-corrected chi connectivity index (χ2v) is 5.82. The van der Waals surface area contributed by atoms with E-state index in [-0.39, 0.29) is 5.91 Å². The Morgan fingerprint density at radius 2 is 2.20 bits per heavy atom. The van der Waals surface area contributed by atoms with Crippen LogP contribution in [0.5, 0.6) is 0 Å². The third kappa shape index (κ3) is 2.25. The van der Waals surface area contributed by atoms with Gasteiger partial charge in [-0.15, -0.1) is 10.2 Å². The summed E-state index contributed by atoms with van der Waals surface area (Å²) in [7, 11) is 0. The zero-order valence-electron chi connectivity index (χ0n) is 10.7. The van der Waals surface area contributed by atoms with Crippen LogP contribution in [0.2, 0.25) is 5.02 Å². The number of hydrogen-bond acceptors (Lipinski definition) is 5. The van der Waals surface area contributed by atoms with E-state index in [1.54, 1.807) is 29.7 Å². The van der Waals surface area contributed by atoms with Crippen molar-refractivity contribution in [3.05, 3.63) is 39.7 Å². The molecule has 6 nitrogen and oxygen atoms in total. The molecule has 0 fully saturated rings. The Morgan fingerprint density at radius 3 is 2.90 bits per heavy atom. The van der Waals surface area contributed by atoms with E-state index in [2.05, 4.69) is 20.5 Å². The highest BCUT2D eigenvalue weighted by molar-refractivity contribution is 7.15. The normalized spacial score (nSPS) is 10.9. The van der Waals surface area contributed by atoms with Crippen LogP contribution in [-0.2, 0) is 0 Å². The Balaban J connectivity index is 2.01. The van der Waals surface area contributed by atoms with Crippen molar-refractivity contribution >= 4 is 39.6 Å². The molecule has 1 N–H and O–H groups in total.